The molecule has 0 unspecified atom stereocenters. The summed E-state index contributed by atoms with van der Waals surface area (Å²) < 4.78 is 0. The van der Waals surface area contributed by atoms with Crippen LogP contribution in [0.25, 0.3) is 11.1 Å². The van der Waals surface area contributed by atoms with Crippen LogP contribution >= 0.6 is 0 Å². The zero-order valence-electron chi connectivity index (χ0n) is 24.6. The van der Waals surface area contributed by atoms with E-state index >= 15 is 0 Å². The highest BCUT2D eigenvalue weighted by Gasteiger charge is 2.38. The van der Waals surface area contributed by atoms with Crippen molar-refractivity contribution in [2.75, 3.05) is 4.90 Å². The summed E-state index contributed by atoms with van der Waals surface area (Å²) in [6, 6.07) is 23.6. The van der Waals surface area contributed by atoms with Gasteiger partial charge in [-0.1, -0.05) is 98.7 Å². The number of rotatable bonds is 6. The van der Waals surface area contributed by atoms with Crippen molar-refractivity contribution in [2.24, 2.45) is 0 Å². The predicted molar refractivity (Wildman–Crippen MR) is 159 cm³/mol. The lowest BCUT2D eigenvalue weighted by atomic mass is 9.77. The predicted octanol–water partition coefficient (Wildman–Crippen LogP) is 10.3. The van der Waals surface area contributed by atoms with E-state index in [0.29, 0.717) is 0 Å². The van der Waals surface area contributed by atoms with Crippen molar-refractivity contribution in [3.05, 3.63) is 82.9 Å². The zero-order valence-corrected chi connectivity index (χ0v) is 24.6. The molecule has 3 aromatic rings. The van der Waals surface area contributed by atoms with Crippen molar-refractivity contribution < 1.29 is 0 Å². The summed E-state index contributed by atoms with van der Waals surface area (Å²) in [5.41, 5.74) is 11.3. The summed E-state index contributed by atoms with van der Waals surface area (Å²) in [6.07, 6.45) is 2.20. The van der Waals surface area contributed by atoms with Crippen molar-refractivity contribution in [2.45, 2.75) is 111 Å². The summed E-state index contributed by atoms with van der Waals surface area (Å²) in [6.45, 7) is 25.7. The van der Waals surface area contributed by atoms with Gasteiger partial charge in [0.2, 0.25) is 0 Å². The molecule has 0 atom stereocenters. The standard InChI is InChI=1S/C35H47N/c1-12-33(6,7)25-16-20-28-29-21-19-27(23-31(29)35(10,11)30(28)22-25)36(34(8,9)13-2)26-17-14-24(15-18-26)32(3,4)5/h14-23H,12-13H2,1-11H3. The van der Waals surface area contributed by atoms with Crippen molar-refractivity contribution >= 4 is 11.4 Å². The quantitative estimate of drug-likeness (QED) is 0.338. The molecule has 1 aliphatic carbocycles. The second kappa shape index (κ2) is 8.79. The van der Waals surface area contributed by atoms with Gasteiger partial charge >= 0.3 is 0 Å². The molecule has 0 amide bonds. The van der Waals surface area contributed by atoms with Crippen molar-refractivity contribution in [3.8, 4) is 11.1 Å². The van der Waals surface area contributed by atoms with Crippen molar-refractivity contribution in [1.82, 2.24) is 0 Å². The van der Waals surface area contributed by atoms with E-state index in [1.54, 1.807) is 0 Å². The van der Waals surface area contributed by atoms with Gasteiger partial charge in [0.25, 0.3) is 0 Å². The van der Waals surface area contributed by atoms with Gasteiger partial charge in [-0.3, -0.25) is 0 Å². The average molecular weight is 482 g/mol. The van der Waals surface area contributed by atoms with Crippen LogP contribution in [0.3, 0.4) is 0 Å². The molecule has 192 valence electrons. The molecule has 0 fully saturated rings. The fourth-order valence-corrected chi connectivity index (χ4v) is 5.61. The molecule has 1 nitrogen and oxygen atoms in total. The molecule has 4 rings (SSSR count). The van der Waals surface area contributed by atoms with Crippen LogP contribution in [-0.4, -0.2) is 5.54 Å². The van der Waals surface area contributed by atoms with E-state index in [4.69, 9.17) is 0 Å². The number of fused-ring (bicyclic) bond motifs is 3. The lowest BCUT2D eigenvalue weighted by molar-refractivity contribution is 0.487. The SMILES string of the molecule is CCC(C)(C)c1ccc2c(c1)C(C)(C)c1cc(N(c3ccc(C(C)(C)C)cc3)C(C)(C)CC)ccc1-2. The largest absolute Gasteiger partial charge is 0.336 e. The molecule has 3 aromatic carbocycles. The molecule has 0 radical (unpaired) electrons. The van der Waals surface area contributed by atoms with Gasteiger partial charge in [0.05, 0.1) is 0 Å². The minimum absolute atomic E-state index is 0.00853. The molecule has 0 saturated carbocycles. The van der Waals surface area contributed by atoms with Crippen LogP contribution < -0.4 is 4.90 Å². The molecule has 1 heteroatoms. The Morgan fingerprint density at radius 1 is 0.611 bits per heavy atom. The first-order valence-electron chi connectivity index (χ1n) is 13.8. The molecule has 0 spiro atoms. The number of benzene rings is 3. The third-order valence-corrected chi connectivity index (χ3v) is 9.05. The second-order valence-electron chi connectivity index (χ2n) is 13.7. The second-order valence-corrected chi connectivity index (χ2v) is 13.7. The molecular weight excluding hydrogens is 434 g/mol. The zero-order chi connectivity index (χ0) is 26.7. The van der Waals surface area contributed by atoms with Gasteiger partial charge in [-0.05, 0) is 95.2 Å². The van der Waals surface area contributed by atoms with E-state index in [-0.39, 0.29) is 21.8 Å². The molecular formula is C35H47N. The van der Waals surface area contributed by atoms with Crippen LogP contribution in [0.2, 0.25) is 0 Å². The van der Waals surface area contributed by atoms with Crippen molar-refractivity contribution in [1.29, 1.82) is 0 Å². The first kappa shape index (κ1) is 26.5. The fraction of sp³-hybridized carbons (Fsp3) is 0.486. The molecule has 36 heavy (non-hydrogen) atoms. The smallest absolute Gasteiger partial charge is 0.0419 e. The maximum atomic E-state index is 2.55. The highest BCUT2D eigenvalue weighted by molar-refractivity contribution is 5.84. The van der Waals surface area contributed by atoms with Gasteiger partial charge in [0.1, 0.15) is 0 Å². The van der Waals surface area contributed by atoms with E-state index in [1.807, 2.05) is 0 Å². The highest BCUT2D eigenvalue weighted by atomic mass is 15.2. The molecule has 0 saturated heterocycles. The minimum atomic E-state index is -0.0291. The summed E-state index contributed by atoms with van der Waals surface area (Å²) in [5, 5.41) is 0. The van der Waals surface area contributed by atoms with Gasteiger partial charge in [-0.25, -0.2) is 0 Å². The normalized spacial score (nSPS) is 15.0. The third-order valence-electron chi connectivity index (χ3n) is 9.05. The Bertz CT molecular complexity index is 1250. The maximum Gasteiger partial charge on any atom is 0.0419 e. The van der Waals surface area contributed by atoms with Gasteiger partial charge in [0, 0.05) is 22.3 Å². The molecule has 0 aromatic heterocycles. The first-order chi connectivity index (χ1) is 16.6. The van der Waals surface area contributed by atoms with E-state index < -0.39 is 0 Å². The molecule has 1 aliphatic rings. The Hall–Kier alpha value is -2.54. The topological polar surface area (TPSA) is 3.24 Å². The van der Waals surface area contributed by atoms with Gasteiger partial charge in [0.15, 0.2) is 0 Å². The average Bonchev–Trinajstić information content (AvgIpc) is 3.05. The number of hydrogen-bond donors (Lipinski definition) is 0. The Kier molecular flexibility index (Phi) is 6.47. The van der Waals surface area contributed by atoms with Crippen LogP contribution in [-0.2, 0) is 16.2 Å². The summed E-state index contributed by atoms with van der Waals surface area (Å²) >= 11 is 0. The van der Waals surface area contributed by atoms with Crippen LogP contribution in [0, 0.1) is 0 Å². The molecule has 0 bridgehead atoms. The van der Waals surface area contributed by atoms with E-state index in [0.717, 1.165) is 12.8 Å². The maximum absolute atomic E-state index is 2.55. The summed E-state index contributed by atoms with van der Waals surface area (Å²) in [7, 11) is 0. The lowest BCUT2D eigenvalue weighted by Crippen LogP contribution is -2.40. The van der Waals surface area contributed by atoms with Crippen molar-refractivity contribution in [3.63, 3.8) is 0 Å². The van der Waals surface area contributed by atoms with Crippen LogP contribution in [0.15, 0.2) is 60.7 Å². The van der Waals surface area contributed by atoms with Gasteiger partial charge in [-0.2, -0.15) is 0 Å². The van der Waals surface area contributed by atoms with E-state index in [1.165, 1.54) is 44.8 Å². The number of nitrogens with zero attached hydrogens (tertiary/aromatic N) is 1. The van der Waals surface area contributed by atoms with Crippen LogP contribution in [0.1, 0.15) is 111 Å². The lowest BCUT2D eigenvalue weighted by Gasteiger charge is -2.41. The van der Waals surface area contributed by atoms with E-state index in [9.17, 15) is 0 Å². The van der Waals surface area contributed by atoms with Gasteiger partial charge in [-0.15, -0.1) is 0 Å². The fourth-order valence-electron chi connectivity index (χ4n) is 5.61. The van der Waals surface area contributed by atoms with Gasteiger partial charge < -0.3 is 4.90 Å². The highest BCUT2D eigenvalue weighted by Crippen LogP contribution is 2.51. The Morgan fingerprint density at radius 3 is 1.64 bits per heavy atom. The monoisotopic (exact) mass is 481 g/mol. The van der Waals surface area contributed by atoms with Crippen LogP contribution in [0.5, 0.6) is 0 Å². The molecule has 0 heterocycles. The Balaban J connectivity index is 1.83. The minimum Gasteiger partial charge on any atom is -0.336 e. The summed E-state index contributed by atoms with van der Waals surface area (Å²) in [4.78, 5) is 2.55. The Morgan fingerprint density at radius 2 is 1.11 bits per heavy atom. The molecule has 0 N–H and O–H groups in total. The molecule has 0 aliphatic heterocycles. The number of hydrogen-bond acceptors (Lipinski definition) is 1. The van der Waals surface area contributed by atoms with Crippen LogP contribution in [0.4, 0.5) is 11.4 Å². The summed E-state index contributed by atoms with van der Waals surface area (Å²) in [5.74, 6) is 0. The first-order valence-corrected chi connectivity index (χ1v) is 13.8. The third kappa shape index (κ3) is 4.40. The Labute approximate surface area is 221 Å². The van der Waals surface area contributed by atoms with E-state index in [2.05, 4.69) is 142 Å². The number of anilines is 2.